The Hall–Kier alpha value is -1.88. The highest BCUT2D eigenvalue weighted by Crippen LogP contribution is 2.13. The van der Waals surface area contributed by atoms with Crippen molar-refractivity contribution in [3.63, 3.8) is 0 Å². The van der Waals surface area contributed by atoms with Gasteiger partial charge in [0.05, 0.1) is 5.92 Å². The van der Waals surface area contributed by atoms with Crippen LogP contribution in [0.3, 0.4) is 0 Å². The van der Waals surface area contributed by atoms with Gasteiger partial charge < -0.3 is 15.5 Å². The molecule has 1 aromatic carbocycles. The van der Waals surface area contributed by atoms with Crippen LogP contribution in [0, 0.1) is 5.92 Å². The Kier molecular flexibility index (Phi) is 3.62. The molecule has 1 heterocycles. The van der Waals surface area contributed by atoms with E-state index < -0.39 is 0 Å². The molecule has 5 nitrogen and oxygen atoms in total. The molecule has 96 valence electrons. The van der Waals surface area contributed by atoms with Gasteiger partial charge in [0.1, 0.15) is 0 Å². The van der Waals surface area contributed by atoms with Crippen molar-refractivity contribution in [1.29, 1.82) is 0 Å². The molecule has 2 N–H and O–H groups in total. The number of hydrogen-bond acceptors (Lipinski definition) is 3. The molecule has 1 aliphatic heterocycles. The van der Waals surface area contributed by atoms with Gasteiger partial charge in [-0.2, -0.15) is 0 Å². The van der Waals surface area contributed by atoms with Crippen LogP contribution in [0.4, 0.5) is 5.69 Å². The lowest BCUT2D eigenvalue weighted by molar-refractivity contribution is -0.121. The fraction of sp³-hybridized carbons (Fsp3) is 0.385. The van der Waals surface area contributed by atoms with Crippen molar-refractivity contribution < 1.29 is 9.59 Å². The third-order valence-corrected chi connectivity index (χ3v) is 2.96. The fourth-order valence-electron chi connectivity index (χ4n) is 1.67. The van der Waals surface area contributed by atoms with E-state index in [1.165, 1.54) is 4.90 Å². The number of benzene rings is 1. The van der Waals surface area contributed by atoms with Gasteiger partial charge >= 0.3 is 0 Å². The maximum Gasteiger partial charge on any atom is 0.253 e. The Morgan fingerprint density at radius 1 is 1.22 bits per heavy atom. The predicted molar refractivity (Wildman–Crippen MR) is 69.4 cm³/mol. The molecular weight excluding hydrogens is 230 g/mol. The molecule has 1 aliphatic rings. The number of carbonyl (C=O) groups excluding carboxylic acids is 2. The van der Waals surface area contributed by atoms with Crippen LogP contribution in [0.15, 0.2) is 24.3 Å². The summed E-state index contributed by atoms with van der Waals surface area (Å²) in [6, 6.07) is 6.94. The number of carbonyl (C=O) groups is 2. The van der Waals surface area contributed by atoms with Gasteiger partial charge in [-0.1, -0.05) is 0 Å². The van der Waals surface area contributed by atoms with Crippen molar-refractivity contribution in [3.8, 4) is 0 Å². The van der Waals surface area contributed by atoms with E-state index in [1.807, 2.05) is 0 Å². The summed E-state index contributed by atoms with van der Waals surface area (Å²) < 4.78 is 0. The van der Waals surface area contributed by atoms with Gasteiger partial charge in [-0.3, -0.25) is 9.59 Å². The second-order valence-corrected chi connectivity index (χ2v) is 4.62. The molecule has 1 aromatic rings. The Bertz CT molecular complexity index is 450. The molecule has 0 aliphatic carbocycles. The first-order valence-electron chi connectivity index (χ1n) is 5.91. The fourth-order valence-corrected chi connectivity index (χ4v) is 1.67. The van der Waals surface area contributed by atoms with E-state index in [9.17, 15) is 9.59 Å². The number of hydrogen-bond donors (Lipinski definition) is 2. The molecular formula is C13H17N3O2. The first-order valence-corrected chi connectivity index (χ1v) is 5.91. The van der Waals surface area contributed by atoms with E-state index in [0.717, 1.165) is 18.8 Å². The van der Waals surface area contributed by atoms with Gasteiger partial charge in [-0.05, 0) is 24.3 Å². The largest absolute Gasteiger partial charge is 0.345 e. The summed E-state index contributed by atoms with van der Waals surface area (Å²) in [7, 11) is 3.42. The molecule has 0 aromatic heterocycles. The Labute approximate surface area is 106 Å². The molecule has 1 fully saturated rings. The molecule has 5 heteroatoms. The molecule has 0 unspecified atom stereocenters. The molecule has 0 bridgehead atoms. The second-order valence-electron chi connectivity index (χ2n) is 4.62. The van der Waals surface area contributed by atoms with Crippen LogP contribution in [-0.4, -0.2) is 43.9 Å². The van der Waals surface area contributed by atoms with Crippen LogP contribution in [0.2, 0.25) is 0 Å². The zero-order valence-corrected chi connectivity index (χ0v) is 10.6. The van der Waals surface area contributed by atoms with Crippen LogP contribution in [0.5, 0.6) is 0 Å². The lowest BCUT2D eigenvalue weighted by Gasteiger charge is -2.25. The molecule has 2 amide bonds. The highest BCUT2D eigenvalue weighted by molar-refractivity contribution is 5.96. The Balaban J connectivity index is 1.99. The van der Waals surface area contributed by atoms with E-state index >= 15 is 0 Å². The van der Waals surface area contributed by atoms with E-state index in [4.69, 9.17) is 0 Å². The lowest BCUT2D eigenvalue weighted by atomic mass is 10.0. The van der Waals surface area contributed by atoms with E-state index in [2.05, 4.69) is 10.6 Å². The summed E-state index contributed by atoms with van der Waals surface area (Å²) in [6.07, 6.45) is 0. The third kappa shape index (κ3) is 2.68. The molecule has 0 saturated carbocycles. The maximum atomic E-state index is 11.7. The second kappa shape index (κ2) is 5.18. The standard InChI is InChI=1S/C13H17N3O2/c1-16(2)13(18)9-3-5-11(6-4-9)15-12(17)10-7-14-8-10/h3-6,10,14H,7-8H2,1-2H3,(H,15,17). The van der Waals surface area contributed by atoms with Crippen molar-refractivity contribution in [2.45, 2.75) is 0 Å². The van der Waals surface area contributed by atoms with Gasteiger partial charge in [0.25, 0.3) is 5.91 Å². The highest BCUT2D eigenvalue weighted by atomic mass is 16.2. The molecule has 0 spiro atoms. The normalized spacial score (nSPS) is 14.8. The molecule has 1 saturated heterocycles. The summed E-state index contributed by atoms with van der Waals surface area (Å²) >= 11 is 0. The van der Waals surface area contributed by atoms with Crippen LogP contribution < -0.4 is 10.6 Å². The van der Waals surface area contributed by atoms with Gasteiger partial charge in [-0.25, -0.2) is 0 Å². The minimum atomic E-state index is -0.0453. The Morgan fingerprint density at radius 3 is 2.28 bits per heavy atom. The third-order valence-electron chi connectivity index (χ3n) is 2.96. The van der Waals surface area contributed by atoms with Crippen molar-refractivity contribution >= 4 is 17.5 Å². The van der Waals surface area contributed by atoms with Gasteiger partial charge in [0, 0.05) is 38.4 Å². The molecule has 2 rings (SSSR count). The topological polar surface area (TPSA) is 61.4 Å². The van der Waals surface area contributed by atoms with Gasteiger partial charge in [0.15, 0.2) is 0 Å². The summed E-state index contributed by atoms with van der Waals surface area (Å²) in [5.74, 6) is 0.0459. The number of anilines is 1. The van der Waals surface area contributed by atoms with Crippen molar-refractivity contribution in [1.82, 2.24) is 10.2 Å². The van der Waals surface area contributed by atoms with Crippen LogP contribution >= 0.6 is 0 Å². The first kappa shape index (κ1) is 12.6. The zero-order chi connectivity index (χ0) is 13.1. The number of amides is 2. The van der Waals surface area contributed by atoms with Crippen molar-refractivity contribution in [2.75, 3.05) is 32.5 Å². The maximum absolute atomic E-state index is 11.7. The lowest BCUT2D eigenvalue weighted by Crippen LogP contribution is -2.48. The Morgan fingerprint density at radius 2 is 1.83 bits per heavy atom. The molecule has 0 atom stereocenters. The van der Waals surface area contributed by atoms with Gasteiger partial charge in [0.2, 0.25) is 5.91 Å². The average molecular weight is 247 g/mol. The number of nitrogens with zero attached hydrogens (tertiary/aromatic N) is 1. The van der Waals surface area contributed by atoms with Crippen LogP contribution in [0.25, 0.3) is 0 Å². The number of rotatable bonds is 3. The quantitative estimate of drug-likeness (QED) is 0.820. The summed E-state index contributed by atoms with van der Waals surface area (Å²) in [5.41, 5.74) is 1.34. The molecule has 0 radical (unpaired) electrons. The van der Waals surface area contributed by atoms with Gasteiger partial charge in [-0.15, -0.1) is 0 Å². The predicted octanol–water partition coefficient (Wildman–Crippen LogP) is 0.546. The van der Waals surface area contributed by atoms with E-state index in [-0.39, 0.29) is 17.7 Å². The van der Waals surface area contributed by atoms with Crippen molar-refractivity contribution in [3.05, 3.63) is 29.8 Å². The summed E-state index contributed by atoms with van der Waals surface area (Å²) in [5, 5.41) is 5.89. The van der Waals surface area contributed by atoms with Crippen LogP contribution in [0.1, 0.15) is 10.4 Å². The summed E-state index contributed by atoms with van der Waals surface area (Å²) in [4.78, 5) is 24.9. The monoisotopic (exact) mass is 247 g/mol. The van der Waals surface area contributed by atoms with E-state index in [1.54, 1.807) is 38.4 Å². The van der Waals surface area contributed by atoms with Crippen LogP contribution in [-0.2, 0) is 4.79 Å². The smallest absolute Gasteiger partial charge is 0.253 e. The molecule has 18 heavy (non-hydrogen) atoms. The zero-order valence-electron chi connectivity index (χ0n) is 10.6. The number of nitrogens with one attached hydrogen (secondary N) is 2. The van der Waals surface area contributed by atoms with Crippen molar-refractivity contribution in [2.24, 2.45) is 5.92 Å². The highest BCUT2D eigenvalue weighted by Gasteiger charge is 2.24. The summed E-state index contributed by atoms with van der Waals surface area (Å²) in [6.45, 7) is 1.48. The first-order chi connectivity index (χ1) is 8.58. The minimum absolute atomic E-state index is 0.0282. The SMILES string of the molecule is CN(C)C(=O)c1ccc(NC(=O)C2CNC2)cc1. The minimum Gasteiger partial charge on any atom is -0.345 e. The van der Waals surface area contributed by atoms with E-state index in [0.29, 0.717) is 5.56 Å². The average Bonchev–Trinajstić information content (AvgIpc) is 2.26.